The van der Waals surface area contributed by atoms with Crippen LogP contribution in [0, 0.1) is 11.8 Å². The number of benzene rings is 1. The van der Waals surface area contributed by atoms with Gasteiger partial charge in [0.15, 0.2) is 0 Å². The van der Waals surface area contributed by atoms with Crippen molar-refractivity contribution in [1.29, 1.82) is 0 Å². The lowest BCUT2D eigenvalue weighted by atomic mass is 10.2. The molecule has 2 heteroatoms. The Labute approximate surface area is 105 Å². The Morgan fingerprint density at radius 3 is 2.56 bits per heavy atom. The van der Waals surface area contributed by atoms with Crippen LogP contribution in [0.5, 0.6) is 0 Å². The zero-order valence-electron chi connectivity index (χ0n) is 9.80. The van der Waals surface area contributed by atoms with Crippen molar-refractivity contribution in [3.63, 3.8) is 0 Å². The molecule has 0 aromatic heterocycles. The zero-order valence-corrected chi connectivity index (χ0v) is 10.6. The quantitative estimate of drug-likeness (QED) is 0.553. The monoisotopic (exact) mass is 236 g/mol. The lowest BCUT2D eigenvalue weighted by Gasteiger charge is -1.97. The van der Waals surface area contributed by atoms with E-state index in [2.05, 4.69) is 24.1 Å². The predicted octanol–water partition coefficient (Wildman–Crippen LogP) is -0.178. The smallest absolute Gasteiger partial charge is 0.0580 e. The van der Waals surface area contributed by atoms with Crippen molar-refractivity contribution in [2.24, 2.45) is 0 Å². The predicted molar refractivity (Wildman–Crippen MR) is 65.7 cm³/mol. The van der Waals surface area contributed by atoms with E-state index >= 15 is 0 Å². The topological polar surface area (TPSA) is 12.0 Å². The maximum Gasteiger partial charge on any atom is 0.0580 e. The summed E-state index contributed by atoms with van der Waals surface area (Å²) in [6, 6.07) is 10.1. The normalized spacial score (nSPS) is 8.81. The number of halogens is 1. The molecule has 0 radical (unpaired) electrons. The molecule has 1 aromatic carbocycles. The minimum absolute atomic E-state index is 0. The standard InChI is InChI=1S/C14H19N.ClH/c1-2-3-7-12-15-13-8-11-14-9-5-4-6-10-14;/h4-6,9-10,15H,2-3,7,12-13H2,1H3;1H/p-1. The van der Waals surface area contributed by atoms with Gasteiger partial charge in [-0.3, -0.25) is 0 Å². The molecule has 0 aliphatic carbocycles. The van der Waals surface area contributed by atoms with Gasteiger partial charge in [0.05, 0.1) is 6.54 Å². The van der Waals surface area contributed by atoms with Gasteiger partial charge in [-0.2, -0.15) is 0 Å². The van der Waals surface area contributed by atoms with Crippen molar-refractivity contribution >= 4 is 0 Å². The van der Waals surface area contributed by atoms with Crippen molar-refractivity contribution in [3.05, 3.63) is 35.9 Å². The number of hydrogen-bond acceptors (Lipinski definition) is 1. The molecular weight excluding hydrogens is 218 g/mol. The summed E-state index contributed by atoms with van der Waals surface area (Å²) in [6.07, 6.45) is 3.83. The Morgan fingerprint density at radius 2 is 1.88 bits per heavy atom. The molecule has 0 saturated carbocycles. The molecule has 88 valence electrons. The summed E-state index contributed by atoms with van der Waals surface area (Å²) in [5, 5.41) is 3.32. The molecule has 1 N–H and O–H groups in total. The number of nitrogens with one attached hydrogen (secondary N) is 1. The molecule has 0 spiro atoms. The van der Waals surface area contributed by atoms with Crippen LogP contribution in [0.3, 0.4) is 0 Å². The van der Waals surface area contributed by atoms with Gasteiger partial charge in [0.25, 0.3) is 0 Å². The summed E-state index contributed by atoms with van der Waals surface area (Å²) < 4.78 is 0. The Morgan fingerprint density at radius 1 is 1.12 bits per heavy atom. The second-order valence-corrected chi connectivity index (χ2v) is 3.55. The first-order valence-electron chi connectivity index (χ1n) is 5.68. The van der Waals surface area contributed by atoms with E-state index < -0.39 is 0 Å². The van der Waals surface area contributed by atoms with Crippen LogP contribution in [0.25, 0.3) is 0 Å². The highest BCUT2D eigenvalue weighted by Crippen LogP contribution is 1.94. The zero-order chi connectivity index (χ0) is 10.8. The van der Waals surface area contributed by atoms with Crippen molar-refractivity contribution in [3.8, 4) is 11.8 Å². The van der Waals surface area contributed by atoms with E-state index in [9.17, 15) is 0 Å². The Hall–Kier alpha value is -0.970. The van der Waals surface area contributed by atoms with Crippen molar-refractivity contribution in [1.82, 2.24) is 5.32 Å². The fourth-order valence-electron chi connectivity index (χ4n) is 1.32. The molecule has 1 nitrogen and oxygen atoms in total. The minimum Gasteiger partial charge on any atom is -1.00 e. The largest absolute Gasteiger partial charge is 1.00 e. The minimum atomic E-state index is 0. The van der Waals surface area contributed by atoms with Crippen LogP contribution in [0.2, 0.25) is 0 Å². The lowest BCUT2D eigenvalue weighted by Crippen LogP contribution is -3.00. The van der Waals surface area contributed by atoms with Crippen LogP contribution in [-0.4, -0.2) is 13.1 Å². The van der Waals surface area contributed by atoms with Gasteiger partial charge in [0, 0.05) is 5.56 Å². The Kier molecular flexibility index (Phi) is 9.91. The van der Waals surface area contributed by atoms with Gasteiger partial charge in [-0.05, 0) is 25.1 Å². The molecule has 0 fully saturated rings. The molecule has 16 heavy (non-hydrogen) atoms. The first-order valence-corrected chi connectivity index (χ1v) is 5.68. The molecular formula is C14H19ClN-. The lowest BCUT2D eigenvalue weighted by molar-refractivity contribution is -0.00000316. The van der Waals surface area contributed by atoms with E-state index in [1.54, 1.807) is 0 Å². The molecule has 0 aliphatic heterocycles. The highest BCUT2D eigenvalue weighted by atomic mass is 35.5. The molecule has 0 amide bonds. The summed E-state index contributed by atoms with van der Waals surface area (Å²) in [4.78, 5) is 0. The molecule has 0 aliphatic rings. The summed E-state index contributed by atoms with van der Waals surface area (Å²) in [5.41, 5.74) is 1.09. The third-order valence-electron chi connectivity index (χ3n) is 2.18. The maximum atomic E-state index is 3.32. The van der Waals surface area contributed by atoms with Crippen LogP contribution >= 0.6 is 0 Å². The molecule has 0 heterocycles. The average Bonchev–Trinajstić information content (AvgIpc) is 2.29. The van der Waals surface area contributed by atoms with Gasteiger partial charge >= 0.3 is 0 Å². The third-order valence-corrected chi connectivity index (χ3v) is 2.18. The van der Waals surface area contributed by atoms with E-state index in [1.807, 2.05) is 30.3 Å². The van der Waals surface area contributed by atoms with E-state index in [-0.39, 0.29) is 12.4 Å². The van der Waals surface area contributed by atoms with Crippen molar-refractivity contribution < 1.29 is 12.4 Å². The van der Waals surface area contributed by atoms with Crippen molar-refractivity contribution in [2.45, 2.75) is 26.2 Å². The van der Waals surface area contributed by atoms with E-state index in [1.165, 1.54) is 19.3 Å². The second-order valence-electron chi connectivity index (χ2n) is 3.55. The summed E-state index contributed by atoms with van der Waals surface area (Å²) in [6.45, 7) is 4.09. The first kappa shape index (κ1) is 15.0. The van der Waals surface area contributed by atoms with E-state index in [0.717, 1.165) is 18.7 Å². The van der Waals surface area contributed by atoms with Gasteiger partial charge in [-0.25, -0.2) is 0 Å². The fourth-order valence-corrected chi connectivity index (χ4v) is 1.32. The highest BCUT2D eigenvalue weighted by molar-refractivity contribution is 5.33. The first-order chi connectivity index (χ1) is 7.43. The van der Waals surface area contributed by atoms with Crippen LogP contribution in [0.15, 0.2) is 30.3 Å². The Balaban J connectivity index is 0.00000225. The molecule has 0 atom stereocenters. The van der Waals surface area contributed by atoms with Gasteiger partial charge < -0.3 is 17.7 Å². The maximum absolute atomic E-state index is 3.32. The number of unbranched alkanes of at least 4 members (excludes halogenated alkanes) is 2. The van der Waals surface area contributed by atoms with Crippen LogP contribution < -0.4 is 17.7 Å². The number of hydrogen-bond donors (Lipinski definition) is 1. The molecule has 0 saturated heterocycles. The molecule has 1 rings (SSSR count). The third kappa shape index (κ3) is 7.34. The average molecular weight is 237 g/mol. The van der Waals surface area contributed by atoms with Crippen molar-refractivity contribution in [2.75, 3.05) is 13.1 Å². The molecule has 0 unspecified atom stereocenters. The van der Waals surface area contributed by atoms with Crippen LogP contribution in [0.1, 0.15) is 31.7 Å². The van der Waals surface area contributed by atoms with Crippen LogP contribution in [0.4, 0.5) is 0 Å². The van der Waals surface area contributed by atoms with Gasteiger partial charge in [0.2, 0.25) is 0 Å². The van der Waals surface area contributed by atoms with E-state index in [4.69, 9.17) is 0 Å². The van der Waals surface area contributed by atoms with Gasteiger partial charge in [0.1, 0.15) is 0 Å². The fraction of sp³-hybridized carbons (Fsp3) is 0.429. The molecule has 0 bridgehead atoms. The Bertz CT molecular complexity index is 311. The summed E-state index contributed by atoms with van der Waals surface area (Å²) >= 11 is 0. The second kappa shape index (κ2) is 10.5. The molecule has 1 aromatic rings. The van der Waals surface area contributed by atoms with Gasteiger partial charge in [-0.15, -0.1) is 0 Å². The van der Waals surface area contributed by atoms with Gasteiger partial charge in [-0.1, -0.05) is 49.8 Å². The van der Waals surface area contributed by atoms with E-state index in [0.29, 0.717) is 0 Å². The summed E-state index contributed by atoms with van der Waals surface area (Å²) in [5.74, 6) is 6.24. The highest BCUT2D eigenvalue weighted by Gasteiger charge is 1.84. The SMILES string of the molecule is CCCCCNCC#Cc1ccccc1.[Cl-]. The number of rotatable bonds is 5. The summed E-state index contributed by atoms with van der Waals surface area (Å²) in [7, 11) is 0. The van der Waals surface area contributed by atoms with Crippen LogP contribution in [-0.2, 0) is 0 Å².